The number of rotatable bonds is 2. The molecule has 2 aromatic heterocycles. The van der Waals surface area contributed by atoms with Crippen LogP contribution in [0.15, 0.2) is 28.2 Å². The standard InChI is InChI=1S/C10H6BrClN2OS/c11-8-2-1-7(16-8)9(15)6-3-5(12)4-14-10(6)13/h1-4H,(H2,13,14). The molecule has 0 saturated carbocycles. The zero-order chi connectivity index (χ0) is 11.7. The van der Waals surface area contributed by atoms with Crippen molar-refractivity contribution in [2.24, 2.45) is 0 Å². The molecule has 0 aliphatic heterocycles. The van der Waals surface area contributed by atoms with Crippen molar-refractivity contribution in [3.63, 3.8) is 0 Å². The van der Waals surface area contributed by atoms with Crippen molar-refractivity contribution in [3.05, 3.63) is 43.6 Å². The summed E-state index contributed by atoms with van der Waals surface area (Å²) < 4.78 is 0.893. The lowest BCUT2D eigenvalue weighted by molar-refractivity contribution is 0.104. The molecule has 6 heteroatoms. The molecule has 82 valence electrons. The monoisotopic (exact) mass is 316 g/mol. The Hall–Kier alpha value is -0.910. The van der Waals surface area contributed by atoms with Gasteiger partial charge in [0.05, 0.1) is 19.2 Å². The summed E-state index contributed by atoms with van der Waals surface area (Å²) in [6, 6.07) is 5.07. The van der Waals surface area contributed by atoms with Gasteiger partial charge in [-0.1, -0.05) is 11.6 Å². The first kappa shape index (κ1) is 11.6. The zero-order valence-electron chi connectivity index (χ0n) is 7.91. The minimum absolute atomic E-state index is 0.164. The van der Waals surface area contributed by atoms with Crippen molar-refractivity contribution in [1.82, 2.24) is 4.98 Å². The van der Waals surface area contributed by atoms with Gasteiger partial charge < -0.3 is 5.73 Å². The van der Waals surface area contributed by atoms with Crippen molar-refractivity contribution in [2.75, 3.05) is 5.73 Å². The van der Waals surface area contributed by atoms with Crippen LogP contribution in [0.1, 0.15) is 15.2 Å². The van der Waals surface area contributed by atoms with Gasteiger partial charge in [-0.15, -0.1) is 11.3 Å². The van der Waals surface area contributed by atoms with Gasteiger partial charge in [-0.2, -0.15) is 0 Å². The molecular formula is C10H6BrClN2OS. The number of aromatic nitrogens is 1. The van der Waals surface area contributed by atoms with Crippen molar-refractivity contribution in [3.8, 4) is 0 Å². The largest absolute Gasteiger partial charge is 0.383 e. The summed E-state index contributed by atoms with van der Waals surface area (Å²) in [6.07, 6.45) is 1.41. The number of thiophene rings is 1. The number of ketones is 1. The van der Waals surface area contributed by atoms with E-state index in [0.29, 0.717) is 15.5 Å². The lowest BCUT2D eigenvalue weighted by Gasteiger charge is -2.02. The second kappa shape index (κ2) is 4.53. The van der Waals surface area contributed by atoms with Gasteiger partial charge in [0.1, 0.15) is 5.82 Å². The van der Waals surface area contributed by atoms with Crippen LogP contribution in [0.4, 0.5) is 5.82 Å². The maximum atomic E-state index is 12.0. The van der Waals surface area contributed by atoms with Gasteiger partial charge in [0.15, 0.2) is 0 Å². The fourth-order valence-electron chi connectivity index (χ4n) is 1.20. The van der Waals surface area contributed by atoms with Crippen LogP contribution in [0.2, 0.25) is 5.02 Å². The summed E-state index contributed by atoms with van der Waals surface area (Å²) in [5.41, 5.74) is 5.97. The van der Waals surface area contributed by atoms with Crippen LogP contribution in [0.3, 0.4) is 0 Å². The summed E-state index contributed by atoms with van der Waals surface area (Å²) in [4.78, 5) is 16.5. The van der Waals surface area contributed by atoms with Crippen molar-refractivity contribution >= 4 is 50.5 Å². The minimum atomic E-state index is -0.164. The molecule has 0 aliphatic rings. The van der Waals surface area contributed by atoms with E-state index in [2.05, 4.69) is 20.9 Å². The van der Waals surface area contributed by atoms with Crippen molar-refractivity contribution in [1.29, 1.82) is 0 Å². The fourth-order valence-corrected chi connectivity index (χ4v) is 2.70. The lowest BCUT2D eigenvalue weighted by atomic mass is 10.1. The first-order valence-electron chi connectivity index (χ1n) is 4.29. The molecule has 0 saturated heterocycles. The summed E-state index contributed by atoms with van der Waals surface area (Å²) in [5, 5.41) is 0.396. The number of nitrogens with two attached hydrogens (primary N) is 1. The van der Waals surface area contributed by atoms with Crippen LogP contribution < -0.4 is 5.73 Å². The van der Waals surface area contributed by atoms with E-state index in [1.165, 1.54) is 23.6 Å². The highest BCUT2D eigenvalue weighted by Gasteiger charge is 2.15. The van der Waals surface area contributed by atoms with Gasteiger partial charge in [0, 0.05) is 6.20 Å². The van der Waals surface area contributed by atoms with Gasteiger partial charge in [-0.25, -0.2) is 4.98 Å². The lowest BCUT2D eigenvalue weighted by Crippen LogP contribution is -2.05. The highest BCUT2D eigenvalue weighted by molar-refractivity contribution is 9.11. The van der Waals surface area contributed by atoms with Crippen LogP contribution in [0, 0.1) is 0 Å². The third-order valence-corrected chi connectivity index (χ3v) is 3.76. The number of carbonyl (C=O) groups excluding carboxylic acids is 1. The Labute approximate surface area is 109 Å². The van der Waals surface area contributed by atoms with E-state index >= 15 is 0 Å². The highest BCUT2D eigenvalue weighted by Crippen LogP contribution is 2.26. The number of nitrogen functional groups attached to an aromatic ring is 1. The normalized spacial score (nSPS) is 10.4. The second-order valence-electron chi connectivity index (χ2n) is 3.02. The Morgan fingerprint density at radius 3 is 2.88 bits per heavy atom. The third-order valence-electron chi connectivity index (χ3n) is 1.93. The molecule has 2 heterocycles. The molecule has 0 unspecified atom stereocenters. The molecule has 0 aromatic carbocycles. The molecule has 0 radical (unpaired) electrons. The SMILES string of the molecule is Nc1ncc(Cl)cc1C(=O)c1ccc(Br)s1. The Bertz CT molecular complexity index is 556. The summed E-state index contributed by atoms with van der Waals surface area (Å²) in [6.45, 7) is 0. The highest BCUT2D eigenvalue weighted by atomic mass is 79.9. The van der Waals surface area contributed by atoms with Crippen LogP contribution >= 0.6 is 38.9 Å². The summed E-state index contributed by atoms with van der Waals surface area (Å²) in [7, 11) is 0. The maximum absolute atomic E-state index is 12.0. The van der Waals surface area contributed by atoms with Crippen molar-refractivity contribution < 1.29 is 4.79 Å². The average molecular weight is 318 g/mol. The van der Waals surface area contributed by atoms with Gasteiger partial charge in [-0.3, -0.25) is 4.79 Å². The Morgan fingerprint density at radius 2 is 2.25 bits per heavy atom. The molecule has 16 heavy (non-hydrogen) atoms. The molecule has 0 aliphatic carbocycles. The molecule has 0 spiro atoms. The molecule has 2 aromatic rings. The first-order chi connectivity index (χ1) is 7.58. The van der Waals surface area contributed by atoms with Crippen LogP contribution in [0.25, 0.3) is 0 Å². The molecule has 0 amide bonds. The van der Waals surface area contributed by atoms with Gasteiger partial charge >= 0.3 is 0 Å². The zero-order valence-corrected chi connectivity index (χ0v) is 11.1. The number of hydrogen-bond donors (Lipinski definition) is 1. The van der Waals surface area contributed by atoms with E-state index in [-0.39, 0.29) is 11.6 Å². The molecule has 0 bridgehead atoms. The molecule has 3 nitrogen and oxygen atoms in total. The number of halogens is 2. The number of nitrogens with zero attached hydrogens (tertiary/aromatic N) is 1. The van der Waals surface area contributed by atoms with Crippen molar-refractivity contribution in [2.45, 2.75) is 0 Å². The molecule has 2 N–H and O–H groups in total. The summed E-state index contributed by atoms with van der Waals surface area (Å²) >= 11 is 10.4. The summed E-state index contributed by atoms with van der Waals surface area (Å²) in [5.74, 6) is 0.0297. The minimum Gasteiger partial charge on any atom is -0.383 e. The van der Waals surface area contributed by atoms with E-state index in [9.17, 15) is 4.79 Å². The third kappa shape index (κ3) is 2.26. The van der Waals surface area contributed by atoms with Gasteiger partial charge in [0.2, 0.25) is 5.78 Å². The fraction of sp³-hybridized carbons (Fsp3) is 0. The van der Waals surface area contributed by atoms with Gasteiger partial charge in [-0.05, 0) is 34.1 Å². The number of hydrogen-bond acceptors (Lipinski definition) is 4. The number of pyridine rings is 1. The van der Waals surface area contributed by atoms with E-state index in [1.54, 1.807) is 6.07 Å². The first-order valence-corrected chi connectivity index (χ1v) is 6.27. The van der Waals surface area contributed by atoms with Crippen LogP contribution in [0.5, 0.6) is 0 Å². The topological polar surface area (TPSA) is 56.0 Å². The quantitative estimate of drug-likeness (QED) is 0.864. The predicted molar refractivity (Wildman–Crippen MR) is 69.1 cm³/mol. The molecule has 0 fully saturated rings. The second-order valence-corrected chi connectivity index (χ2v) is 5.92. The Morgan fingerprint density at radius 1 is 1.50 bits per heavy atom. The molecule has 0 atom stereocenters. The molecular weight excluding hydrogens is 312 g/mol. The van der Waals surface area contributed by atoms with Crippen LogP contribution in [-0.4, -0.2) is 10.8 Å². The van der Waals surface area contributed by atoms with Crippen LogP contribution in [-0.2, 0) is 0 Å². The Balaban J connectivity index is 2.45. The number of anilines is 1. The van der Waals surface area contributed by atoms with E-state index in [0.717, 1.165) is 3.79 Å². The molecule has 2 rings (SSSR count). The predicted octanol–water partition coefficient (Wildman–Crippen LogP) is 3.37. The smallest absolute Gasteiger partial charge is 0.206 e. The van der Waals surface area contributed by atoms with E-state index in [4.69, 9.17) is 17.3 Å². The average Bonchev–Trinajstić information content (AvgIpc) is 2.67. The van der Waals surface area contributed by atoms with E-state index in [1.807, 2.05) is 6.07 Å². The maximum Gasteiger partial charge on any atom is 0.206 e. The van der Waals surface area contributed by atoms with E-state index < -0.39 is 0 Å². The van der Waals surface area contributed by atoms with Gasteiger partial charge in [0.25, 0.3) is 0 Å². The Kier molecular flexibility index (Phi) is 3.28. The number of carbonyl (C=O) groups is 1.